The largest absolute Gasteiger partial charge is 0.469 e. The predicted molar refractivity (Wildman–Crippen MR) is 310 cm³/mol. The van der Waals surface area contributed by atoms with E-state index in [0.717, 1.165) is 12.8 Å². The number of alkyl carbamates (subject to hydrolysis) is 1. The first-order valence-corrected chi connectivity index (χ1v) is 29.1. The van der Waals surface area contributed by atoms with Crippen molar-refractivity contribution in [1.82, 2.24) is 39.6 Å². The van der Waals surface area contributed by atoms with Crippen LogP contribution in [0.4, 0.5) is 4.79 Å². The van der Waals surface area contributed by atoms with Crippen LogP contribution in [0.3, 0.4) is 0 Å². The molecule has 0 spiro atoms. The highest BCUT2D eigenvalue weighted by Gasteiger charge is 2.24. The molecule has 85 heavy (non-hydrogen) atoms. The number of ether oxygens (including phenoxy) is 9. The van der Waals surface area contributed by atoms with Gasteiger partial charge in [0.1, 0.15) is 5.60 Å². The number of methoxy groups -OCH3 is 8. The SMILES string of the molecule is COC(=O)CCN(CCC(=O)OC)CCN(CCN(CCC(=O)OC)CCC(=O)OC)C(=O)CCN(CCCCCCNC(=O)OC(C)(C)C)CCC(=O)N(CCN(CCC(=O)OC)CCC(=O)OC)CCN(CCC(=O)OC)CCC(=O)OC. The molecule has 0 bridgehead atoms. The summed E-state index contributed by atoms with van der Waals surface area (Å²) in [7, 11) is 10.2. The van der Waals surface area contributed by atoms with Crippen LogP contribution >= 0.6 is 0 Å². The maximum Gasteiger partial charge on any atom is 0.407 e. The zero-order valence-corrected chi connectivity index (χ0v) is 52.8. The highest BCUT2D eigenvalue weighted by atomic mass is 16.6. The minimum atomic E-state index is -0.643. The van der Waals surface area contributed by atoms with E-state index >= 15 is 0 Å². The maximum absolute atomic E-state index is 14.6. The number of hydrogen-bond donors (Lipinski definition) is 1. The monoisotopic (exact) mass is 1220 g/mol. The highest BCUT2D eigenvalue weighted by Crippen LogP contribution is 2.11. The second-order valence-corrected chi connectivity index (χ2v) is 20.9. The predicted octanol–water partition coefficient (Wildman–Crippen LogP) is 1.52. The molecular weight excluding hydrogens is 1120 g/mol. The van der Waals surface area contributed by atoms with E-state index in [0.29, 0.717) is 25.9 Å². The lowest BCUT2D eigenvalue weighted by Gasteiger charge is -2.32. The number of rotatable bonds is 49. The summed E-state index contributed by atoms with van der Waals surface area (Å²) in [6, 6.07) is 0. The number of esters is 8. The molecule has 0 heterocycles. The molecule has 0 saturated heterocycles. The molecule has 0 radical (unpaired) electrons. The molecule has 0 aromatic rings. The first-order chi connectivity index (χ1) is 40.4. The van der Waals surface area contributed by atoms with Crippen LogP contribution in [0.15, 0.2) is 0 Å². The summed E-state index contributed by atoms with van der Waals surface area (Å²) < 4.78 is 44.3. The fraction of sp³-hybridized carbons (Fsp3) is 0.807. The molecule has 3 amide bonds. The van der Waals surface area contributed by atoms with Crippen LogP contribution in [-0.2, 0) is 90.6 Å². The molecule has 0 atom stereocenters. The minimum absolute atomic E-state index is 0.0110. The molecule has 490 valence electrons. The van der Waals surface area contributed by atoms with E-state index in [1.165, 1.54) is 56.9 Å². The maximum atomic E-state index is 14.6. The van der Waals surface area contributed by atoms with E-state index in [1.807, 2.05) is 24.5 Å². The molecule has 0 fully saturated rings. The van der Waals surface area contributed by atoms with Gasteiger partial charge in [0.15, 0.2) is 0 Å². The van der Waals surface area contributed by atoms with E-state index in [1.54, 1.807) is 30.6 Å². The van der Waals surface area contributed by atoms with E-state index in [9.17, 15) is 52.7 Å². The van der Waals surface area contributed by atoms with Crippen LogP contribution in [0, 0.1) is 0 Å². The number of unbranched alkanes of at least 4 members (excludes halogenated alkanes) is 3. The molecule has 28 heteroatoms. The van der Waals surface area contributed by atoms with E-state index < -0.39 is 59.4 Å². The standard InChI is InChI=1S/C57H102N8O20/c1-57(2,3)85-56(76)58-26-14-12-13-15-27-59(28-16-46(66)64(42-38-60(30-18-48(68)77-4)31-19-49(69)78-5)43-39-61(32-20-50(70)79-6)33-21-51(71)80-7)29-17-47(67)65(44-40-62(34-22-52(72)81-8)35-23-53(73)82-9)45-41-63(36-24-54(74)83-10)37-25-55(75)84-11/h12-45H2,1-11H3,(H,58,76). The van der Waals surface area contributed by atoms with Gasteiger partial charge < -0.3 is 82.2 Å². The van der Waals surface area contributed by atoms with Gasteiger partial charge in [-0.3, -0.25) is 47.9 Å². The van der Waals surface area contributed by atoms with Gasteiger partial charge in [-0.1, -0.05) is 12.8 Å². The Morgan fingerprint density at radius 2 is 0.506 bits per heavy atom. The van der Waals surface area contributed by atoms with Crippen LogP contribution in [0.5, 0.6) is 0 Å². The van der Waals surface area contributed by atoms with Crippen molar-refractivity contribution in [2.75, 3.05) is 188 Å². The van der Waals surface area contributed by atoms with Crippen LogP contribution < -0.4 is 5.32 Å². The lowest BCUT2D eigenvalue weighted by Crippen LogP contribution is -2.46. The molecule has 0 aliphatic heterocycles. The van der Waals surface area contributed by atoms with E-state index in [4.69, 9.17) is 42.6 Å². The lowest BCUT2D eigenvalue weighted by molar-refractivity contribution is -0.143. The smallest absolute Gasteiger partial charge is 0.407 e. The molecule has 0 aliphatic carbocycles. The minimum Gasteiger partial charge on any atom is -0.469 e. The van der Waals surface area contributed by atoms with Gasteiger partial charge in [0.2, 0.25) is 11.8 Å². The third kappa shape index (κ3) is 42.3. The number of nitrogens with zero attached hydrogens (tertiary/aromatic N) is 7. The van der Waals surface area contributed by atoms with Gasteiger partial charge in [-0.2, -0.15) is 0 Å². The fourth-order valence-corrected chi connectivity index (χ4v) is 8.40. The van der Waals surface area contributed by atoms with Crippen molar-refractivity contribution in [3.05, 3.63) is 0 Å². The number of carbonyl (C=O) groups excluding carboxylic acids is 11. The Balaban J connectivity index is 7.13. The Morgan fingerprint density at radius 1 is 0.282 bits per heavy atom. The van der Waals surface area contributed by atoms with Crippen LogP contribution in [0.1, 0.15) is 111 Å². The Labute approximate surface area is 503 Å². The van der Waals surface area contributed by atoms with Crippen molar-refractivity contribution in [2.45, 2.75) is 116 Å². The van der Waals surface area contributed by atoms with Gasteiger partial charge in [0.05, 0.1) is 108 Å². The van der Waals surface area contributed by atoms with Gasteiger partial charge >= 0.3 is 53.8 Å². The van der Waals surface area contributed by atoms with Crippen molar-refractivity contribution < 1.29 is 95.4 Å². The Morgan fingerprint density at radius 3 is 0.741 bits per heavy atom. The first kappa shape index (κ1) is 78.8. The fourth-order valence-electron chi connectivity index (χ4n) is 8.40. The zero-order chi connectivity index (χ0) is 64.0. The second-order valence-electron chi connectivity index (χ2n) is 20.9. The second kappa shape index (κ2) is 47.9. The van der Waals surface area contributed by atoms with Crippen molar-refractivity contribution >= 4 is 65.7 Å². The van der Waals surface area contributed by atoms with Crippen molar-refractivity contribution in [2.24, 2.45) is 0 Å². The van der Waals surface area contributed by atoms with Crippen LogP contribution in [0.25, 0.3) is 0 Å². The Hall–Kier alpha value is -6.23. The molecule has 0 unspecified atom stereocenters. The molecule has 0 saturated carbocycles. The quantitative estimate of drug-likeness (QED) is 0.0513. The summed E-state index contributed by atoms with van der Waals surface area (Å²) in [5.74, 6) is -4.13. The van der Waals surface area contributed by atoms with Gasteiger partial charge in [-0.15, -0.1) is 0 Å². The molecular formula is C57H102N8O20. The average molecular weight is 1220 g/mol. The van der Waals surface area contributed by atoms with Gasteiger partial charge in [0, 0.05) is 137 Å². The zero-order valence-electron chi connectivity index (χ0n) is 52.8. The number of carbonyl (C=O) groups is 11. The van der Waals surface area contributed by atoms with Crippen molar-refractivity contribution in [3.8, 4) is 0 Å². The molecule has 0 aliphatic rings. The third-order valence-electron chi connectivity index (χ3n) is 13.7. The topological polar surface area (TPSA) is 306 Å². The number of nitrogens with one attached hydrogen (secondary N) is 1. The summed E-state index contributed by atoms with van der Waals surface area (Å²) >= 11 is 0. The van der Waals surface area contributed by atoms with Gasteiger partial charge in [-0.25, -0.2) is 4.79 Å². The Bertz CT molecular complexity index is 1700. The average Bonchev–Trinajstić information content (AvgIpc) is 3.64. The van der Waals surface area contributed by atoms with Crippen molar-refractivity contribution in [3.63, 3.8) is 0 Å². The molecule has 0 aromatic carbocycles. The normalized spacial score (nSPS) is 11.3. The van der Waals surface area contributed by atoms with Crippen molar-refractivity contribution in [1.29, 1.82) is 0 Å². The van der Waals surface area contributed by atoms with E-state index in [-0.39, 0.29) is 194 Å². The first-order valence-electron chi connectivity index (χ1n) is 29.1. The Kier molecular flexibility index (Phi) is 44.4. The lowest BCUT2D eigenvalue weighted by atomic mass is 10.1. The summed E-state index contributed by atoms with van der Waals surface area (Å²) in [6.07, 6.45) is 2.60. The molecule has 1 N–H and O–H groups in total. The number of hydrogen-bond acceptors (Lipinski definition) is 25. The number of amides is 3. The van der Waals surface area contributed by atoms with E-state index in [2.05, 4.69) is 5.32 Å². The molecule has 0 rings (SSSR count). The summed E-state index contributed by atoms with van der Waals surface area (Å²) in [5.41, 5.74) is -0.643. The van der Waals surface area contributed by atoms with Gasteiger partial charge in [-0.05, 0) is 40.2 Å². The molecule has 28 nitrogen and oxygen atoms in total. The summed E-state index contributed by atoms with van der Waals surface area (Å²) in [4.78, 5) is 152. The molecule has 0 aromatic heterocycles. The van der Waals surface area contributed by atoms with Crippen LogP contribution in [0.2, 0.25) is 0 Å². The van der Waals surface area contributed by atoms with Gasteiger partial charge in [0.25, 0.3) is 0 Å². The summed E-state index contributed by atoms with van der Waals surface area (Å²) in [6.45, 7) is 10.2. The third-order valence-corrected chi connectivity index (χ3v) is 13.7. The summed E-state index contributed by atoms with van der Waals surface area (Å²) in [5, 5.41) is 2.78. The highest BCUT2D eigenvalue weighted by molar-refractivity contribution is 5.77. The van der Waals surface area contributed by atoms with Crippen LogP contribution in [-0.4, -0.2) is 293 Å².